The number of hydrogen-bond acceptors (Lipinski definition) is 7. The van der Waals surface area contributed by atoms with Gasteiger partial charge in [0.15, 0.2) is 19.0 Å². The van der Waals surface area contributed by atoms with E-state index >= 15 is 0 Å². The monoisotopic (exact) mass is 438 g/mol. The van der Waals surface area contributed by atoms with Crippen molar-refractivity contribution in [1.82, 2.24) is 5.32 Å². The molecule has 0 aliphatic carbocycles. The number of amides is 2. The van der Waals surface area contributed by atoms with E-state index in [1.54, 1.807) is 43.5 Å². The summed E-state index contributed by atoms with van der Waals surface area (Å²) in [6.07, 6.45) is 2.88. The Bertz CT molecular complexity index is 1060. The van der Waals surface area contributed by atoms with Crippen molar-refractivity contribution in [2.24, 2.45) is 0 Å². The smallest absolute Gasteiger partial charge is 0.328 e. The van der Waals surface area contributed by atoms with E-state index in [-0.39, 0.29) is 18.1 Å². The number of ether oxygens (including phenoxy) is 3. The molecule has 0 aromatic heterocycles. The number of anilines is 1. The lowest BCUT2D eigenvalue weighted by Gasteiger charge is -2.18. The van der Waals surface area contributed by atoms with Crippen LogP contribution in [0.15, 0.2) is 48.5 Å². The van der Waals surface area contributed by atoms with Crippen molar-refractivity contribution in [3.8, 4) is 11.5 Å². The molecule has 32 heavy (non-hydrogen) atoms. The molecule has 2 amide bonds. The van der Waals surface area contributed by atoms with Crippen LogP contribution in [0.3, 0.4) is 0 Å². The largest absolute Gasteiger partial charge is 0.497 e. The summed E-state index contributed by atoms with van der Waals surface area (Å²) in [5.74, 6) is -0.859. The molecule has 1 heterocycles. The zero-order valence-electron chi connectivity index (χ0n) is 17.5. The maximum absolute atomic E-state index is 12.3. The van der Waals surface area contributed by atoms with E-state index in [9.17, 15) is 19.2 Å². The van der Waals surface area contributed by atoms with Crippen LogP contribution in [-0.2, 0) is 19.1 Å². The predicted octanol–water partition coefficient (Wildman–Crippen LogP) is 1.97. The molecule has 0 radical (unpaired) electrons. The van der Waals surface area contributed by atoms with Crippen molar-refractivity contribution in [3.63, 3.8) is 0 Å². The molecule has 3 rings (SSSR count). The highest BCUT2D eigenvalue weighted by molar-refractivity contribution is 6.02. The van der Waals surface area contributed by atoms with Crippen LogP contribution in [0.5, 0.6) is 11.5 Å². The summed E-state index contributed by atoms with van der Waals surface area (Å²) in [5.41, 5.74) is 1.41. The Balaban J connectivity index is 1.48. The van der Waals surface area contributed by atoms with Crippen LogP contribution >= 0.6 is 0 Å². The van der Waals surface area contributed by atoms with Gasteiger partial charge < -0.3 is 24.8 Å². The second kappa shape index (κ2) is 10.3. The molecule has 166 valence electrons. The van der Waals surface area contributed by atoms with E-state index in [1.165, 1.54) is 25.1 Å². The molecule has 0 fully saturated rings. The number of hydrogen-bond donors (Lipinski definition) is 2. The van der Waals surface area contributed by atoms with Gasteiger partial charge in [-0.25, -0.2) is 4.79 Å². The second-order valence-corrected chi connectivity index (χ2v) is 6.92. The first-order chi connectivity index (χ1) is 15.4. The van der Waals surface area contributed by atoms with Gasteiger partial charge in [0.25, 0.3) is 5.91 Å². The van der Waals surface area contributed by atoms with E-state index in [0.717, 1.165) is 5.56 Å². The molecule has 2 N–H and O–H groups in total. The summed E-state index contributed by atoms with van der Waals surface area (Å²) in [5, 5.41) is 5.09. The summed E-state index contributed by atoms with van der Waals surface area (Å²) < 4.78 is 15.3. The molecule has 0 bridgehead atoms. The lowest BCUT2D eigenvalue weighted by molar-refractivity contribution is -0.145. The van der Waals surface area contributed by atoms with Crippen LogP contribution in [0, 0.1) is 0 Å². The van der Waals surface area contributed by atoms with Crippen molar-refractivity contribution in [2.75, 3.05) is 25.6 Å². The highest BCUT2D eigenvalue weighted by Crippen LogP contribution is 2.28. The van der Waals surface area contributed by atoms with Crippen LogP contribution < -0.4 is 20.1 Å². The lowest BCUT2D eigenvalue weighted by Crippen LogP contribution is -2.39. The van der Waals surface area contributed by atoms with E-state index in [2.05, 4.69) is 10.6 Å². The third-order valence-electron chi connectivity index (χ3n) is 4.54. The topological polar surface area (TPSA) is 120 Å². The molecule has 1 atom stereocenters. The Kier molecular flexibility index (Phi) is 7.22. The zero-order valence-corrected chi connectivity index (χ0v) is 17.5. The Morgan fingerprint density at radius 1 is 1.19 bits per heavy atom. The first-order valence-corrected chi connectivity index (χ1v) is 9.75. The SMILES string of the molecule is COc1ccc(/C=C/C(=O)N[C@H](C)C(=O)OCC(=O)c2ccc3c(c2)NC(=O)CO3)cc1. The average molecular weight is 438 g/mol. The van der Waals surface area contributed by atoms with Gasteiger partial charge in [-0.2, -0.15) is 0 Å². The second-order valence-electron chi connectivity index (χ2n) is 6.92. The molecule has 9 nitrogen and oxygen atoms in total. The fourth-order valence-electron chi connectivity index (χ4n) is 2.81. The van der Waals surface area contributed by atoms with Crippen molar-refractivity contribution < 1.29 is 33.4 Å². The predicted molar refractivity (Wildman–Crippen MR) is 115 cm³/mol. The molecular formula is C23H22N2O7. The number of carbonyl (C=O) groups excluding carboxylic acids is 4. The summed E-state index contributed by atoms with van der Waals surface area (Å²) >= 11 is 0. The van der Waals surface area contributed by atoms with E-state index in [1.807, 2.05) is 0 Å². The average Bonchev–Trinajstić information content (AvgIpc) is 2.80. The molecule has 0 saturated heterocycles. The fraction of sp³-hybridized carbons (Fsp3) is 0.217. The maximum Gasteiger partial charge on any atom is 0.328 e. The minimum absolute atomic E-state index is 0.0865. The Morgan fingerprint density at radius 2 is 1.94 bits per heavy atom. The summed E-state index contributed by atoms with van der Waals surface area (Å²) in [7, 11) is 1.56. The Labute approximate surface area is 184 Å². The zero-order chi connectivity index (χ0) is 23.1. The van der Waals surface area contributed by atoms with E-state index in [0.29, 0.717) is 17.2 Å². The molecule has 0 saturated carbocycles. The third-order valence-corrected chi connectivity index (χ3v) is 4.54. The van der Waals surface area contributed by atoms with Crippen molar-refractivity contribution in [2.45, 2.75) is 13.0 Å². The molecule has 0 unspecified atom stereocenters. The van der Waals surface area contributed by atoms with Crippen LogP contribution in [0.2, 0.25) is 0 Å². The molecule has 2 aromatic carbocycles. The van der Waals surface area contributed by atoms with Crippen LogP contribution in [0.4, 0.5) is 5.69 Å². The Morgan fingerprint density at radius 3 is 2.66 bits per heavy atom. The number of carbonyl (C=O) groups is 4. The van der Waals surface area contributed by atoms with Crippen molar-refractivity contribution >= 4 is 35.3 Å². The highest BCUT2D eigenvalue weighted by atomic mass is 16.5. The van der Waals surface area contributed by atoms with Gasteiger partial charge in [-0.05, 0) is 48.9 Å². The van der Waals surface area contributed by atoms with E-state index < -0.39 is 30.3 Å². The normalized spacial score (nSPS) is 13.4. The molecule has 1 aliphatic rings. The molecule has 0 spiro atoms. The van der Waals surface area contributed by atoms with Crippen molar-refractivity contribution in [3.05, 3.63) is 59.7 Å². The van der Waals surface area contributed by atoms with Gasteiger partial charge >= 0.3 is 5.97 Å². The van der Waals surface area contributed by atoms with Crippen LogP contribution in [0.1, 0.15) is 22.8 Å². The number of fused-ring (bicyclic) bond motifs is 1. The molecule has 9 heteroatoms. The number of ketones is 1. The third kappa shape index (κ3) is 5.94. The number of methoxy groups -OCH3 is 1. The van der Waals surface area contributed by atoms with E-state index in [4.69, 9.17) is 14.2 Å². The number of nitrogens with one attached hydrogen (secondary N) is 2. The number of esters is 1. The Hall–Kier alpha value is -4.14. The minimum Gasteiger partial charge on any atom is -0.497 e. The quantitative estimate of drug-likeness (QED) is 0.367. The first kappa shape index (κ1) is 22.5. The molecule has 1 aliphatic heterocycles. The lowest BCUT2D eigenvalue weighted by atomic mass is 10.1. The number of rotatable bonds is 8. The van der Waals surface area contributed by atoms with Crippen LogP contribution in [-0.4, -0.2) is 49.9 Å². The first-order valence-electron chi connectivity index (χ1n) is 9.75. The fourth-order valence-corrected chi connectivity index (χ4v) is 2.81. The van der Waals surface area contributed by atoms with Gasteiger partial charge in [0.2, 0.25) is 5.91 Å². The van der Waals surface area contributed by atoms with Gasteiger partial charge in [-0.15, -0.1) is 0 Å². The van der Waals surface area contributed by atoms with Gasteiger partial charge in [0, 0.05) is 11.6 Å². The number of Topliss-reactive ketones (excluding diaryl/α,β-unsaturated/α-hetero) is 1. The van der Waals surface area contributed by atoms with Crippen molar-refractivity contribution in [1.29, 1.82) is 0 Å². The van der Waals surface area contributed by atoms with Gasteiger partial charge in [-0.1, -0.05) is 12.1 Å². The van der Waals surface area contributed by atoms with Gasteiger partial charge in [0.05, 0.1) is 12.8 Å². The summed E-state index contributed by atoms with van der Waals surface area (Å²) in [6, 6.07) is 10.7. The molecule has 2 aromatic rings. The van der Waals surface area contributed by atoms with Gasteiger partial charge in [0.1, 0.15) is 17.5 Å². The van der Waals surface area contributed by atoms with Gasteiger partial charge in [-0.3, -0.25) is 14.4 Å². The summed E-state index contributed by atoms with van der Waals surface area (Å²) in [4.78, 5) is 47.9. The summed E-state index contributed by atoms with van der Waals surface area (Å²) in [6.45, 7) is 0.864. The van der Waals surface area contributed by atoms with Crippen LogP contribution in [0.25, 0.3) is 6.08 Å². The highest BCUT2D eigenvalue weighted by Gasteiger charge is 2.20. The minimum atomic E-state index is -0.952. The number of benzene rings is 2. The standard InChI is InChI=1S/C23H22N2O7/c1-14(24-21(27)10-5-15-3-7-17(30-2)8-4-15)23(29)32-12-19(26)16-6-9-20-18(11-16)25-22(28)13-31-20/h3-11,14H,12-13H2,1-2H3,(H,24,27)(H,25,28)/b10-5+/t14-/m1/s1. The molecular weight excluding hydrogens is 416 g/mol. The maximum atomic E-state index is 12.3.